The lowest BCUT2D eigenvalue weighted by Crippen LogP contribution is -2.25. The largest absolute Gasteiger partial charge is 0.507 e. The Hall–Kier alpha value is -2.00. The van der Waals surface area contributed by atoms with Gasteiger partial charge in [0.15, 0.2) is 0 Å². The van der Waals surface area contributed by atoms with Crippen LogP contribution in [0.5, 0.6) is 5.75 Å². The van der Waals surface area contributed by atoms with Crippen LogP contribution in [0.3, 0.4) is 0 Å². The van der Waals surface area contributed by atoms with Crippen LogP contribution in [0.15, 0.2) is 42.5 Å². The molecule has 104 valence electrons. The van der Waals surface area contributed by atoms with E-state index in [1.165, 1.54) is 23.3 Å². The van der Waals surface area contributed by atoms with E-state index in [1.807, 2.05) is 25.1 Å². The molecule has 0 saturated heterocycles. The summed E-state index contributed by atoms with van der Waals surface area (Å²) in [6.07, 6.45) is 0.752. The summed E-state index contributed by atoms with van der Waals surface area (Å²) in [6, 6.07) is 12.6. The molecule has 0 radical (unpaired) electrons. The van der Waals surface area contributed by atoms with Crippen molar-refractivity contribution in [2.24, 2.45) is 0 Å². The van der Waals surface area contributed by atoms with Crippen LogP contribution in [0.4, 0.5) is 0 Å². The van der Waals surface area contributed by atoms with E-state index in [2.05, 4.69) is 11.4 Å². The third-order valence-corrected chi connectivity index (χ3v) is 3.22. The zero-order valence-corrected chi connectivity index (χ0v) is 11.9. The fourth-order valence-corrected chi connectivity index (χ4v) is 2.15. The van der Waals surface area contributed by atoms with Gasteiger partial charge < -0.3 is 10.4 Å². The van der Waals surface area contributed by atoms with Gasteiger partial charge in [0.05, 0.1) is 5.56 Å². The number of amides is 1. The molecule has 2 aromatic rings. The molecular weight excluding hydrogens is 274 g/mol. The number of carbonyl (C=O) groups is 1. The third kappa shape index (κ3) is 3.75. The fraction of sp³-hybridized carbons (Fsp3) is 0.188. The Balaban J connectivity index is 1.92. The lowest BCUT2D eigenvalue weighted by molar-refractivity contribution is 0.0951. The SMILES string of the molecule is Cc1cccc(CCNC(=O)c2ccc(Cl)cc2O)c1. The van der Waals surface area contributed by atoms with Crippen LogP contribution in [0.25, 0.3) is 0 Å². The molecule has 2 N–H and O–H groups in total. The van der Waals surface area contributed by atoms with Crippen LogP contribution < -0.4 is 5.32 Å². The molecule has 0 heterocycles. The van der Waals surface area contributed by atoms with Gasteiger partial charge in [0.2, 0.25) is 0 Å². The summed E-state index contributed by atoms with van der Waals surface area (Å²) < 4.78 is 0. The number of aromatic hydroxyl groups is 1. The summed E-state index contributed by atoms with van der Waals surface area (Å²) in [6.45, 7) is 2.55. The molecule has 0 atom stereocenters. The van der Waals surface area contributed by atoms with Crippen molar-refractivity contribution in [3.63, 3.8) is 0 Å². The van der Waals surface area contributed by atoms with E-state index in [0.29, 0.717) is 11.6 Å². The maximum Gasteiger partial charge on any atom is 0.255 e. The van der Waals surface area contributed by atoms with E-state index >= 15 is 0 Å². The highest BCUT2D eigenvalue weighted by Crippen LogP contribution is 2.21. The first-order chi connectivity index (χ1) is 9.56. The first kappa shape index (κ1) is 14.4. The number of hydrogen-bond acceptors (Lipinski definition) is 2. The Morgan fingerprint density at radius 1 is 1.25 bits per heavy atom. The smallest absolute Gasteiger partial charge is 0.255 e. The molecule has 0 aliphatic carbocycles. The van der Waals surface area contributed by atoms with Gasteiger partial charge in [-0.15, -0.1) is 0 Å². The molecule has 4 heteroatoms. The number of phenols is 1. The zero-order chi connectivity index (χ0) is 14.5. The minimum Gasteiger partial charge on any atom is -0.507 e. The summed E-state index contributed by atoms with van der Waals surface area (Å²) >= 11 is 5.73. The van der Waals surface area contributed by atoms with Gasteiger partial charge in [-0.2, -0.15) is 0 Å². The number of hydrogen-bond donors (Lipinski definition) is 2. The van der Waals surface area contributed by atoms with Gasteiger partial charge >= 0.3 is 0 Å². The summed E-state index contributed by atoms with van der Waals surface area (Å²) in [5, 5.41) is 12.9. The van der Waals surface area contributed by atoms with E-state index in [0.717, 1.165) is 6.42 Å². The molecule has 0 aromatic heterocycles. The van der Waals surface area contributed by atoms with Crippen molar-refractivity contribution in [2.45, 2.75) is 13.3 Å². The van der Waals surface area contributed by atoms with Gasteiger partial charge in [0.25, 0.3) is 5.91 Å². The van der Waals surface area contributed by atoms with E-state index in [-0.39, 0.29) is 17.2 Å². The van der Waals surface area contributed by atoms with Crippen LogP contribution in [-0.2, 0) is 6.42 Å². The second-order valence-corrected chi connectivity index (χ2v) is 5.09. The number of aryl methyl sites for hydroxylation is 1. The average molecular weight is 290 g/mol. The van der Waals surface area contributed by atoms with E-state index in [4.69, 9.17) is 11.6 Å². The van der Waals surface area contributed by atoms with E-state index in [1.54, 1.807) is 6.07 Å². The summed E-state index contributed by atoms with van der Waals surface area (Å²) in [5.41, 5.74) is 2.61. The van der Waals surface area contributed by atoms with Crippen LogP contribution in [0, 0.1) is 6.92 Å². The second-order valence-electron chi connectivity index (χ2n) is 4.66. The lowest BCUT2D eigenvalue weighted by atomic mass is 10.1. The number of halogens is 1. The third-order valence-electron chi connectivity index (χ3n) is 2.99. The first-order valence-electron chi connectivity index (χ1n) is 6.38. The Bertz CT molecular complexity index is 626. The van der Waals surface area contributed by atoms with E-state index in [9.17, 15) is 9.90 Å². The van der Waals surface area contributed by atoms with Gasteiger partial charge in [-0.1, -0.05) is 41.4 Å². The molecule has 0 fully saturated rings. The number of benzene rings is 2. The molecule has 1 amide bonds. The fourth-order valence-electron chi connectivity index (χ4n) is 1.98. The number of carbonyl (C=O) groups excluding carboxylic acids is 1. The quantitative estimate of drug-likeness (QED) is 0.907. The highest BCUT2D eigenvalue weighted by Gasteiger charge is 2.10. The summed E-state index contributed by atoms with van der Waals surface area (Å²) in [5.74, 6) is -0.405. The van der Waals surface area contributed by atoms with Gasteiger partial charge in [0, 0.05) is 11.6 Å². The van der Waals surface area contributed by atoms with Gasteiger partial charge in [0.1, 0.15) is 5.75 Å². The monoisotopic (exact) mass is 289 g/mol. The average Bonchev–Trinajstić information content (AvgIpc) is 2.38. The molecular formula is C16H16ClNO2. The van der Waals surface area contributed by atoms with Crippen molar-refractivity contribution in [1.29, 1.82) is 0 Å². The predicted molar refractivity (Wildman–Crippen MR) is 80.3 cm³/mol. The van der Waals surface area contributed by atoms with Crippen molar-refractivity contribution in [3.8, 4) is 5.75 Å². The highest BCUT2D eigenvalue weighted by atomic mass is 35.5. The number of rotatable bonds is 4. The number of phenolic OH excluding ortho intramolecular Hbond substituents is 1. The highest BCUT2D eigenvalue weighted by molar-refractivity contribution is 6.30. The topological polar surface area (TPSA) is 49.3 Å². The molecule has 0 aliphatic heterocycles. The van der Waals surface area contributed by atoms with Crippen molar-refractivity contribution >= 4 is 17.5 Å². The minimum atomic E-state index is -0.299. The molecule has 0 saturated carbocycles. The predicted octanol–water partition coefficient (Wildman–Crippen LogP) is 3.33. The van der Waals surface area contributed by atoms with Crippen LogP contribution in [-0.4, -0.2) is 17.6 Å². The van der Waals surface area contributed by atoms with Crippen LogP contribution in [0.2, 0.25) is 5.02 Å². The van der Waals surface area contributed by atoms with Crippen molar-refractivity contribution in [2.75, 3.05) is 6.54 Å². The Labute approximate surface area is 123 Å². The van der Waals surface area contributed by atoms with Gasteiger partial charge in [-0.3, -0.25) is 4.79 Å². The molecule has 2 rings (SSSR count). The zero-order valence-electron chi connectivity index (χ0n) is 11.2. The Kier molecular flexibility index (Phi) is 4.64. The molecule has 0 bridgehead atoms. The second kappa shape index (κ2) is 6.44. The maximum absolute atomic E-state index is 11.9. The molecule has 0 unspecified atom stereocenters. The van der Waals surface area contributed by atoms with Crippen molar-refractivity contribution in [1.82, 2.24) is 5.32 Å². The standard InChI is InChI=1S/C16H16ClNO2/c1-11-3-2-4-12(9-11)7-8-18-16(20)14-6-5-13(17)10-15(14)19/h2-6,9-10,19H,7-8H2,1H3,(H,18,20). The summed E-state index contributed by atoms with van der Waals surface area (Å²) in [7, 11) is 0. The molecule has 3 nitrogen and oxygen atoms in total. The lowest BCUT2D eigenvalue weighted by Gasteiger charge is -2.07. The number of nitrogens with one attached hydrogen (secondary N) is 1. The molecule has 20 heavy (non-hydrogen) atoms. The molecule has 0 spiro atoms. The normalized spacial score (nSPS) is 10.3. The van der Waals surface area contributed by atoms with Crippen LogP contribution >= 0.6 is 11.6 Å². The van der Waals surface area contributed by atoms with Crippen molar-refractivity contribution < 1.29 is 9.90 Å². The minimum absolute atomic E-state index is 0.106. The Morgan fingerprint density at radius 2 is 2.05 bits per heavy atom. The van der Waals surface area contributed by atoms with Crippen LogP contribution in [0.1, 0.15) is 21.5 Å². The van der Waals surface area contributed by atoms with Gasteiger partial charge in [-0.05, 0) is 37.1 Å². The van der Waals surface area contributed by atoms with E-state index < -0.39 is 0 Å². The molecule has 0 aliphatic rings. The van der Waals surface area contributed by atoms with Crippen molar-refractivity contribution in [3.05, 3.63) is 64.2 Å². The summed E-state index contributed by atoms with van der Waals surface area (Å²) in [4.78, 5) is 11.9. The molecule has 2 aromatic carbocycles. The Morgan fingerprint density at radius 3 is 2.75 bits per heavy atom. The first-order valence-corrected chi connectivity index (χ1v) is 6.76. The van der Waals surface area contributed by atoms with Gasteiger partial charge in [-0.25, -0.2) is 0 Å². The maximum atomic E-state index is 11.9.